The van der Waals surface area contributed by atoms with Crippen LogP contribution in [0.4, 0.5) is 0 Å². The molecule has 0 amide bonds. The first-order valence-electron chi connectivity index (χ1n) is 6.68. The van der Waals surface area contributed by atoms with E-state index in [1.807, 2.05) is 0 Å². The van der Waals surface area contributed by atoms with Gasteiger partial charge in [-0.3, -0.25) is 14.6 Å². The Hall–Kier alpha value is -2.47. The van der Waals surface area contributed by atoms with E-state index in [1.165, 1.54) is 25.3 Å². The van der Waals surface area contributed by atoms with Crippen LogP contribution in [0.3, 0.4) is 0 Å². The predicted octanol–water partition coefficient (Wildman–Crippen LogP) is 1.19. The third-order valence-corrected chi connectivity index (χ3v) is 3.54. The second-order valence-electron chi connectivity index (χ2n) is 5.25. The van der Waals surface area contributed by atoms with E-state index in [9.17, 15) is 19.8 Å². The zero-order chi connectivity index (χ0) is 16.5. The number of phenols is 1. The minimum atomic E-state index is -2.07. The summed E-state index contributed by atoms with van der Waals surface area (Å²) in [6, 6.07) is 4.57. The van der Waals surface area contributed by atoms with Gasteiger partial charge in [-0.25, -0.2) is 0 Å². The van der Waals surface area contributed by atoms with E-state index in [-0.39, 0.29) is 18.0 Å². The second-order valence-corrected chi connectivity index (χ2v) is 5.25. The number of allylic oxidation sites excluding steroid dienone is 1. The lowest BCUT2D eigenvalue weighted by Crippen LogP contribution is -2.50. The highest BCUT2D eigenvalue weighted by Gasteiger charge is 2.43. The number of ketones is 2. The zero-order valence-corrected chi connectivity index (χ0v) is 12.6. The molecule has 0 saturated heterocycles. The van der Waals surface area contributed by atoms with Gasteiger partial charge in [-0.1, -0.05) is 0 Å². The van der Waals surface area contributed by atoms with E-state index in [1.54, 1.807) is 13.0 Å². The number of hydrogen-bond donors (Lipinski definition) is 2. The molecule has 1 unspecified atom stereocenters. The van der Waals surface area contributed by atoms with Crippen LogP contribution in [0.5, 0.6) is 11.5 Å². The normalized spacial score (nSPS) is 23.6. The Labute approximate surface area is 127 Å². The molecule has 0 aliphatic heterocycles. The fraction of sp³-hybridized carbons (Fsp3) is 0.312. The molecular weight excluding hydrogens is 286 g/mol. The van der Waals surface area contributed by atoms with Gasteiger partial charge >= 0.3 is 0 Å². The van der Waals surface area contributed by atoms with Crippen molar-refractivity contribution in [3.8, 4) is 11.5 Å². The van der Waals surface area contributed by atoms with Crippen molar-refractivity contribution in [2.45, 2.75) is 26.0 Å². The summed E-state index contributed by atoms with van der Waals surface area (Å²) < 4.78 is 5.15. The van der Waals surface area contributed by atoms with Crippen LogP contribution < -0.4 is 4.74 Å². The number of phenolic OH excluding ortho intramolecular Hbond substituents is 1. The molecular formula is C16H17NO5. The molecule has 2 N–H and O–H groups in total. The molecule has 1 aliphatic rings. The number of ether oxygens (including phenoxy) is 1. The second kappa shape index (κ2) is 5.73. The summed E-state index contributed by atoms with van der Waals surface area (Å²) in [7, 11) is 1.46. The zero-order valence-electron chi connectivity index (χ0n) is 12.6. The molecule has 0 aromatic heterocycles. The number of aromatic hydroxyl groups is 1. The SMILES string of the molecule is COc1cc(O)ccc1CN=C1C(=O)C(C)(O)C(=O)C=C1C. The molecule has 22 heavy (non-hydrogen) atoms. The van der Waals surface area contributed by atoms with Crippen LogP contribution in [0, 0.1) is 0 Å². The van der Waals surface area contributed by atoms with Crippen LogP contribution in [0.15, 0.2) is 34.8 Å². The van der Waals surface area contributed by atoms with Gasteiger partial charge in [-0.2, -0.15) is 0 Å². The Morgan fingerprint density at radius 3 is 2.64 bits per heavy atom. The topological polar surface area (TPSA) is 96.2 Å². The maximum absolute atomic E-state index is 12.2. The van der Waals surface area contributed by atoms with Crippen molar-refractivity contribution in [1.29, 1.82) is 0 Å². The molecule has 1 aromatic rings. The van der Waals surface area contributed by atoms with Crippen LogP contribution in [0.1, 0.15) is 19.4 Å². The maximum Gasteiger partial charge on any atom is 0.220 e. The number of hydrogen-bond acceptors (Lipinski definition) is 6. The van der Waals surface area contributed by atoms with Gasteiger partial charge in [0.05, 0.1) is 13.7 Å². The molecule has 116 valence electrons. The van der Waals surface area contributed by atoms with Crippen LogP contribution in [0.25, 0.3) is 0 Å². The first-order chi connectivity index (χ1) is 10.3. The van der Waals surface area contributed by atoms with Crippen molar-refractivity contribution < 1.29 is 24.5 Å². The van der Waals surface area contributed by atoms with Crippen molar-refractivity contribution in [1.82, 2.24) is 0 Å². The summed E-state index contributed by atoms with van der Waals surface area (Å²) in [5.74, 6) is -0.852. The largest absolute Gasteiger partial charge is 0.508 e. The molecule has 0 saturated carbocycles. The standard InChI is InChI=1S/C16H17NO5/c1-9-6-13(19)16(2,21)15(20)14(9)17-8-10-4-5-11(18)7-12(10)22-3/h4-7,18,21H,8H2,1-3H3. The van der Waals surface area contributed by atoms with E-state index in [0.717, 1.165) is 6.92 Å². The van der Waals surface area contributed by atoms with Gasteiger partial charge < -0.3 is 14.9 Å². The van der Waals surface area contributed by atoms with E-state index >= 15 is 0 Å². The minimum absolute atomic E-state index is 0.0617. The lowest BCUT2D eigenvalue weighted by Gasteiger charge is -2.24. The average molecular weight is 303 g/mol. The van der Waals surface area contributed by atoms with Crippen molar-refractivity contribution in [2.75, 3.05) is 7.11 Å². The first kappa shape index (κ1) is 15.9. The Morgan fingerprint density at radius 2 is 2.00 bits per heavy atom. The van der Waals surface area contributed by atoms with E-state index < -0.39 is 17.2 Å². The molecule has 2 rings (SSSR count). The number of aliphatic imine (C=N–C) groups is 1. The van der Waals surface area contributed by atoms with E-state index in [0.29, 0.717) is 16.9 Å². The number of rotatable bonds is 3. The van der Waals surface area contributed by atoms with Gasteiger partial charge in [0.25, 0.3) is 0 Å². The molecule has 6 heteroatoms. The third kappa shape index (κ3) is 2.78. The number of aliphatic hydroxyl groups is 1. The third-order valence-electron chi connectivity index (χ3n) is 3.54. The number of Topliss-reactive ketones (excluding diaryl/α,β-unsaturated/α-hetero) is 1. The van der Waals surface area contributed by atoms with Crippen molar-refractivity contribution in [3.05, 3.63) is 35.4 Å². The monoisotopic (exact) mass is 303 g/mol. The Morgan fingerprint density at radius 1 is 1.32 bits per heavy atom. The molecule has 6 nitrogen and oxygen atoms in total. The Bertz CT molecular complexity index is 700. The number of methoxy groups -OCH3 is 1. The summed E-state index contributed by atoms with van der Waals surface area (Å²) in [6.07, 6.45) is 1.22. The summed E-state index contributed by atoms with van der Waals surface area (Å²) in [4.78, 5) is 28.0. The highest BCUT2D eigenvalue weighted by atomic mass is 16.5. The molecule has 1 atom stereocenters. The number of carbonyl (C=O) groups is 2. The molecule has 1 aromatic carbocycles. The van der Waals surface area contributed by atoms with Gasteiger partial charge in [-0.05, 0) is 37.6 Å². The Kier molecular flexibility index (Phi) is 4.14. The van der Waals surface area contributed by atoms with Gasteiger partial charge in [0.2, 0.25) is 5.78 Å². The first-order valence-corrected chi connectivity index (χ1v) is 6.68. The van der Waals surface area contributed by atoms with Crippen LogP contribution in [-0.2, 0) is 16.1 Å². The average Bonchev–Trinajstić information content (AvgIpc) is 2.46. The number of benzene rings is 1. The smallest absolute Gasteiger partial charge is 0.220 e. The van der Waals surface area contributed by atoms with Crippen molar-refractivity contribution >= 4 is 17.3 Å². The highest BCUT2D eigenvalue weighted by Crippen LogP contribution is 2.25. The molecule has 0 heterocycles. The van der Waals surface area contributed by atoms with Crippen LogP contribution in [0.2, 0.25) is 0 Å². The van der Waals surface area contributed by atoms with Gasteiger partial charge in [0, 0.05) is 11.6 Å². The quantitative estimate of drug-likeness (QED) is 0.818. The summed E-state index contributed by atoms with van der Waals surface area (Å²) in [6.45, 7) is 2.88. The van der Waals surface area contributed by atoms with Gasteiger partial charge in [0.1, 0.15) is 17.2 Å². The van der Waals surface area contributed by atoms with E-state index in [4.69, 9.17) is 4.74 Å². The van der Waals surface area contributed by atoms with E-state index in [2.05, 4.69) is 4.99 Å². The lowest BCUT2D eigenvalue weighted by atomic mass is 9.83. The Balaban J connectivity index is 2.36. The number of nitrogens with zero attached hydrogens (tertiary/aromatic N) is 1. The minimum Gasteiger partial charge on any atom is -0.508 e. The van der Waals surface area contributed by atoms with Gasteiger partial charge in [0.15, 0.2) is 11.4 Å². The highest BCUT2D eigenvalue weighted by molar-refractivity contribution is 6.54. The predicted molar refractivity (Wildman–Crippen MR) is 80.2 cm³/mol. The molecule has 0 bridgehead atoms. The fourth-order valence-corrected chi connectivity index (χ4v) is 2.15. The molecule has 0 fully saturated rings. The molecule has 0 radical (unpaired) electrons. The van der Waals surface area contributed by atoms with Crippen LogP contribution in [-0.4, -0.2) is 40.2 Å². The van der Waals surface area contributed by atoms with Crippen molar-refractivity contribution in [2.24, 2.45) is 4.99 Å². The molecule has 1 aliphatic carbocycles. The summed E-state index contributed by atoms with van der Waals surface area (Å²) >= 11 is 0. The lowest BCUT2D eigenvalue weighted by molar-refractivity contribution is -0.142. The number of carbonyl (C=O) groups excluding carboxylic acids is 2. The fourth-order valence-electron chi connectivity index (χ4n) is 2.15. The van der Waals surface area contributed by atoms with Gasteiger partial charge in [-0.15, -0.1) is 0 Å². The van der Waals surface area contributed by atoms with Crippen LogP contribution >= 0.6 is 0 Å². The summed E-state index contributed by atoms with van der Waals surface area (Å²) in [5.41, 5.74) is -0.916. The summed E-state index contributed by atoms with van der Waals surface area (Å²) in [5, 5.41) is 19.4. The maximum atomic E-state index is 12.2. The van der Waals surface area contributed by atoms with Crippen molar-refractivity contribution in [3.63, 3.8) is 0 Å². The molecule has 0 spiro atoms.